The second-order valence-electron chi connectivity index (χ2n) is 2.78. The molecule has 0 radical (unpaired) electrons. The molecule has 1 heterocycles. The third-order valence-corrected chi connectivity index (χ3v) is 1.91. The van der Waals surface area contributed by atoms with E-state index in [2.05, 4.69) is 0 Å². The molecule has 12 heavy (non-hydrogen) atoms. The maximum Gasteiger partial charge on any atom is 0.188 e. The Bertz CT molecular complexity index is 307. The van der Waals surface area contributed by atoms with Gasteiger partial charge in [-0.05, 0) is 13.0 Å². The zero-order valence-corrected chi connectivity index (χ0v) is 7.20. The SMILES string of the molecule is Cc1ccc[n+](CC(=O)[O-])c1C. The quantitative estimate of drug-likeness (QED) is 0.546. The van der Waals surface area contributed by atoms with Crippen LogP contribution in [0.5, 0.6) is 0 Å². The van der Waals surface area contributed by atoms with E-state index in [1.807, 2.05) is 26.0 Å². The predicted octanol–water partition coefficient (Wildman–Crippen LogP) is -0.659. The zero-order valence-electron chi connectivity index (χ0n) is 7.20. The van der Waals surface area contributed by atoms with Crippen molar-refractivity contribution in [2.45, 2.75) is 20.4 Å². The summed E-state index contributed by atoms with van der Waals surface area (Å²) in [5.41, 5.74) is 2.04. The number of aromatic nitrogens is 1. The van der Waals surface area contributed by atoms with Crippen molar-refractivity contribution in [2.75, 3.05) is 0 Å². The molecule has 1 aromatic rings. The summed E-state index contributed by atoms with van der Waals surface area (Å²) in [5, 5.41) is 10.3. The molecule has 0 amide bonds. The Morgan fingerprint density at radius 3 is 2.83 bits per heavy atom. The topological polar surface area (TPSA) is 44.0 Å². The number of aryl methyl sites for hydroxylation is 1. The van der Waals surface area contributed by atoms with Crippen LogP contribution in [0.15, 0.2) is 18.3 Å². The van der Waals surface area contributed by atoms with Crippen molar-refractivity contribution < 1.29 is 14.5 Å². The molecular formula is C9H11NO2. The van der Waals surface area contributed by atoms with Gasteiger partial charge < -0.3 is 9.90 Å². The number of carbonyl (C=O) groups is 1. The van der Waals surface area contributed by atoms with E-state index in [1.54, 1.807) is 10.8 Å². The maximum absolute atomic E-state index is 10.3. The van der Waals surface area contributed by atoms with Crippen LogP contribution in [0.25, 0.3) is 0 Å². The first-order valence-electron chi connectivity index (χ1n) is 3.77. The summed E-state index contributed by atoms with van der Waals surface area (Å²) in [6, 6.07) is 3.77. The lowest BCUT2D eigenvalue weighted by Gasteiger charge is -2.02. The summed E-state index contributed by atoms with van der Waals surface area (Å²) in [6.45, 7) is 3.76. The van der Waals surface area contributed by atoms with Crippen LogP contribution in [0.3, 0.4) is 0 Å². The zero-order chi connectivity index (χ0) is 9.14. The summed E-state index contributed by atoms with van der Waals surface area (Å²) in [6.07, 6.45) is 1.73. The second-order valence-corrected chi connectivity index (χ2v) is 2.78. The van der Waals surface area contributed by atoms with Crippen molar-refractivity contribution in [3.8, 4) is 0 Å². The Labute approximate surface area is 71.3 Å². The van der Waals surface area contributed by atoms with Crippen LogP contribution >= 0.6 is 0 Å². The highest BCUT2D eigenvalue weighted by Gasteiger charge is 2.06. The van der Waals surface area contributed by atoms with Crippen LogP contribution in [0.1, 0.15) is 11.3 Å². The monoisotopic (exact) mass is 165 g/mol. The molecule has 0 saturated carbocycles. The number of hydrogen-bond acceptors (Lipinski definition) is 2. The smallest absolute Gasteiger partial charge is 0.188 e. The molecule has 0 saturated heterocycles. The van der Waals surface area contributed by atoms with Crippen LogP contribution in [-0.2, 0) is 11.3 Å². The number of hydrogen-bond donors (Lipinski definition) is 0. The number of carbonyl (C=O) groups excluding carboxylic acids is 1. The highest BCUT2D eigenvalue weighted by molar-refractivity contribution is 5.62. The van der Waals surface area contributed by atoms with Gasteiger partial charge in [0.05, 0.1) is 0 Å². The molecule has 0 atom stereocenters. The fraction of sp³-hybridized carbons (Fsp3) is 0.333. The van der Waals surface area contributed by atoms with E-state index < -0.39 is 5.97 Å². The van der Waals surface area contributed by atoms with Gasteiger partial charge >= 0.3 is 0 Å². The van der Waals surface area contributed by atoms with Gasteiger partial charge in [0.1, 0.15) is 5.97 Å². The largest absolute Gasteiger partial charge is 0.544 e. The summed E-state index contributed by atoms with van der Waals surface area (Å²) in [7, 11) is 0. The lowest BCUT2D eigenvalue weighted by atomic mass is 10.2. The molecule has 0 spiro atoms. The third-order valence-electron chi connectivity index (χ3n) is 1.91. The summed E-state index contributed by atoms with van der Waals surface area (Å²) < 4.78 is 1.66. The molecule has 64 valence electrons. The molecule has 3 nitrogen and oxygen atoms in total. The van der Waals surface area contributed by atoms with Crippen molar-refractivity contribution in [1.82, 2.24) is 0 Å². The number of pyridine rings is 1. The van der Waals surface area contributed by atoms with Crippen LogP contribution in [0, 0.1) is 13.8 Å². The van der Waals surface area contributed by atoms with Crippen molar-refractivity contribution in [1.29, 1.82) is 0 Å². The van der Waals surface area contributed by atoms with Crippen molar-refractivity contribution in [3.05, 3.63) is 29.6 Å². The van der Waals surface area contributed by atoms with E-state index in [1.165, 1.54) is 0 Å². The molecule has 0 unspecified atom stereocenters. The average Bonchev–Trinajstić information content (AvgIpc) is 1.98. The van der Waals surface area contributed by atoms with Crippen molar-refractivity contribution in [2.24, 2.45) is 0 Å². The van der Waals surface area contributed by atoms with E-state index in [9.17, 15) is 9.90 Å². The van der Waals surface area contributed by atoms with Gasteiger partial charge in [0.25, 0.3) is 0 Å². The molecule has 0 aliphatic carbocycles. The Morgan fingerprint density at radius 2 is 2.25 bits per heavy atom. The number of carboxylic acids is 1. The Balaban J connectivity index is 3.00. The standard InChI is InChI=1S/C9H11NO2/c1-7-4-3-5-10(8(7)2)6-9(11)12/h3-5H,6H2,1-2H3. The highest BCUT2D eigenvalue weighted by Crippen LogP contribution is 1.97. The molecule has 0 aliphatic heterocycles. The number of aliphatic carboxylic acids is 1. The van der Waals surface area contributed by atoms with Gasteiger partial charge in [-0.2, -0.15) is 4.57 Å². The minimum absolute atomic E-state index is 0.0759. The molecule has 0 aliphatic rings. The van der Waals surface area contributed by atoms with Gasteiger partial charge in [-0.15, -0.1) is 0 Å². The van der Waals surface area contributed by atoms with Crippen LogP contribution in [-0.4, -0.2) is 5.97 Å². The lowest BCUT2D eigenvalue weighted by Crippen LogP contribution is -2.45. The fourth-order valence-corrected chi connectivity index (χ4v) is 1.06. The van der Waals surface area contributed by atoms with Crippen molar-refractivity contribution >= 4 is 5.97 Å². The summed E-state index contributed by atoms with van der Waals surface area (Å²) in [5.74, 6) is -1.06. The van der Waals surface area contributed by atoms with Crippen LogP contribution in [0.4, 0.5) is 0 Å². The van der Waals surface area contributed by atoms with E-state index >= 15 is 0 Å². The van der Waals surface area contributed by atoms with Gasteiger partial charge in [-0.25, -0.2) is 0 Å². The molecule has 3 heteroatoms. The van der Waals surface area contributed by atoms with Gasteiger partial charge in [0.2, 0.25) is 0 Å². The minimum Gasteiger partial charge on any atom is -0.544 e. The van der Waals surface area contributed by atoms with Gasteiger partial charge in [0, 0.05) is 18.6 Å². The third kappa shape index (κ3) is 1.81. The summed E-state index contributed by atoms with van der Waals surface area (Å²) in [4.78, 5) is 10.3. The molecule has 0 fully saturated rings. The molecule has 0 N–H and O–H groups in total. The normalized spacial score (nSPS) is 9.83. The first-order valence-corrected chi connectivity index (χ1v) is 3.77. The molecule has 0 aromatic carbocycles. The van der Waals surface area contributed by atoms with Gasteiger partial charge in [-0.1, -0.05) is 0 Å². The number of carboxylic acid groups (broad SMARTS) is 1. The molecule has 1 rings (SSSR count). The minimum atomic E-state index is -1.06. The Kier molecular flexibility index (Phi) is 2.43. The Morgan fingerprint density at radius 1 is 1.58 bits per heavy atom. The number of rotatable bonds is 2. The predicted molar refractivity (Wildman–Crippen MR) is 41.1 cm³/mol. The van der Waals surface area contributed by atoms with E-state index in [0.29, 0.717) is 0 Å². The highest BCUT2D eigenvalue weighted by atomic mass is 16.4. The first kappa shape index (κ1) is 8.71. The molecular weight excluding hydrogens is 154 g/mol. The fourth-order valence-electron chi connectivity index (χ4n) is 1.06. The lowest BCUT2D eigenvalue weighted by molar-refractivity contribution is -0.696. The maximum atomic E-state index is 10.3. The van der Waals surface area contributed by atoms with Gasteiger partial charge in [0.15, 0.2) is 18.4 Å². The summed E-state index contributed by atoms with van der Waals surface area (Å²) >= 11 is 0. The first-order chi connectivity index (χ1) is 5.61. The van der Waals surface area contributed by atoms with Crippen LogP contribution in [0.2, 0.25) is 0 Å². The average molecular weight is 165 g/mol. The van der Waals surface area contributed by atoms with E-state index in [0.717, 1.165) is 11.3 Å². The second kappa shape index (κ2) is 3.34. The Hall–Kier alpha value is -1.38. The molecule has 1 aromatic heterocycles. The number of nitrogens with zero attached hydrogens (tertiary/aromatic N) is 1. The van der Waals surface area contributed by atoms with Crippen LogP contribution < -0.4 is 9.67 Å². The van der Waals surface area contributed by atoms with Crippen molar-refractivity contribution in [3.63, 3.8) is 0 Å². The van der Waals surface area contributed by atoms with E-state index in [4.69, 9.17) is 0 Å². The van der Waals surface area contributed by atoms with Gasteiger partial charge in [-0.3, -0.25) is 0 Å². The molecule has 0 bridgehead atoms. The van der Waals surface area contributed by atoms with E-state index in [-0.39, 0.29) is 6.54 Å².